The number of carbonyl (C=O) groups excluding carboxylic acids is 1. The van der Waals surface area contributed by atoms with Crippen LogP contribution in [0.25, 0.3) is 0 Å². The van der Waals surface area contributed by atoms with Crippen LogP contribution >= 0.6 is 24.0 Å². The fourth-order valence-electron chi connectivity index (χ4n) is 2.99. The minimum atomic E-state index is -0.189. The highest BCUT2D eigenvalue weighted by molar-refractivity contribution is 14.0. The van der Waals surface area contributed by atoms with Gasteiger partial charge in [0.05, 0.1) is 12.5 Å². The summed E-state index contributed by atoms with van der Waals surface area (Å²) < 4.78 is 0. The number of nitrogens with one attached hydrogen (secondary N) is 1. The van der Waals surface area contributed by atoms with Crippen molar-refractivity contribution in [1.82, 2.24) is 10.2 Å². The smallest absolute Gasteiger partial charge is 0.221 e. The van der Waals surface area contributed by atoms with Gasteiger partial charge in [-0.2, -0.15) is 0 Å². The molecule has 0 spiro atoms. The van der Waals surface area contributed by atoms with E-state index in [1.807, 2.05) is 19.1 Å². The van der Waals surface area contributed by atoms with Crippen molar-refractivity contribution >= 4 is 35.8 Å². The van der Waals surface area contributed by atoms with Crippen LogP contribution < -0.4 is 16.8 Å². The number of benzene rings is 1. The first-order valence-corrected chi connectivity index (χ1v) is 8.71. The number of hydrogen-bond donors (Lipinski definition) is 3. The highest BCUT2D eigenvalue weighted by atomic mass is 127. The summed E-state index contributed by atoms with van der Waals surface area (Å²) in [5, 5.41) is 3.02. The summed E-state index contributed by atoms with van der Waals surface area (Å²) in [7, 11) is 0. The maximum absolute atomic E-state index is 11.4. The monoisotopic (exact) mass is 471 g/mol. The van der Waals surface area contributed by atoms with E-state index < -0.39 is 0 Å². The van der Waals surface area contributed by atoms with Crippen LogP contribution in [0.4, 0.5) is 0 Å². The van der Waals surface area contributed by atoms with Gasteiger partial charge >= 0.3 is 0 Å². The standard InChI is InChI=1S/C19H29N5O.HI/c1-14(2)10-22-19(21)23-11-15-5-3-6-16(9-15)12-24-8-4-7-17(13-24)18(20)25;/h3,5-6,9,17H,1,4,7-8,10-13H2,2H3,(H2,20,25)(H3,21,22,23);1H. The average Bonchev–Trinajstić information content (AvgIpc) is 2.58. The number of rotatable bonds is 7. The second kappa shape index (κ2) is 11.2. The lowest BCUT2D eigenvalue weighted by Crippen LogP contribution is -2.40. The van der Waals surface area contributed by atoms with Gasteiger partial charge in [-0.3, -0.25) is 9.69 Å². The molecule has 1 saturated heterocycles. The SMILES string of the molecule is C=C(C)CNC(N)=NCc1cccc(CN2CCCC(C(N)=O)C2)c1.I. The number of aliphatic imine (C=N–C) groups is 1. The van der Waals surface area contributed by atoms with E-state index in [-0.39, 0.29) is 35.8 Å². The van der Waals surface area contributed by atoms with E-state index in [2.05, 4.69) is 33.9 Å². The van der Waals surface area contributed by atoms with Crippen molar-refractivity contribution in [1.29, 1.82) is 0 Å². The first kappa shape index (κ1) is 22.4. The lowest BCUT2D eigenvalue weighted by Gasteiger charge is -2.31. The summed E-state index contributed by atoms with van der Waals surface area (Å²) in [6, 6.07) is 8.32. The average molecular weight is 471 g/mol. The van der Waals surface area contributed by atoms with Crippen LogP contribution in [0.3, 0.4) is 0 Å². The Balaban J connectivity index is 0.00000338. The molecule has 7 heteroatoms. The Morgan fingerprint density at radius 2 is 2.12 bits per heavy atom. The molecule has 1 fully saturated rings. The van der Waals surface area contributed by atoms with Gasteiger partial charge in [0, 0.05) is 19.6 Å². The quantitative estimate of drug-likeness (QED) is 0.245. The molecule has 0 saturated carbocycles. The Hall–Kier alpha value is -1.61. The van der Waals surface area contributed by atoms with Gasteiger partial charge in [-0.25, -0.2) is 4.99 Å². The van der Waals surface area contributed by atoms with Crippen molar-refractivity contribution in [2.75, 3.05) is 19.6 Å². The molecule has 144 valence electrons. The molecule has 1 aliphatic heterocycles. The molecule has 6 nitrogen and oxygen atoms in total. The molecule has 1 aromatic carbocycles. The van der Waals surface area contributed by atoms with Gasteiger partial charge < -0.3 is 16.8 Å². The van der Waals surface area contributed by atoms with Crippen LogP contribution in [0, 0.1) is 5.92 Å². The number of likely N-dealkylation sites (tertiary alicyclic amines) is 1. The predicted molar refractivity (Wildman–Crippen MR) is 117 cm³/mol. The van der Waals surface area contributed by atoms with Crippen molar-refractivity contribution < 1.29 is 4.79 Å². The Morgan fingerprint density at radius 1 is 1.38 bits per heavy atom. The lowest BCUT2D eigenvalue weighted by molar-refractivity contribution is -0.123. The second-order valence-corrected chi connectivity index (χ2v) is 6.81. The minimum Gasteiger partial charge on any atom is -0.370 e. The Labute approximate surface area is 173 Å². The molecule has 1 aromatic rings. The maximum atomic E-state index is 11.4. The number of primary amides is 1. The fraction of sp³-hybridized carbons (Fsp3) is 0.474. The number of amides is 1. The molecule has 1 heterocycles. The molecule has 0 bridgehead atoms. The summed E-state index contributed by atoms with van der Waals surface area (Å²) in [4.78, 5) is 18.1. The van der Waals surface area contributed by atoms with E-state index in [0.717, 1.165) is 43.6 Å². The third-order valence-electron chi connectivity index (χ3n) is 4.31. The number of carbonyl (C=O) groups is 1. The summed E-state index contributed by atoms with van der Waals surface area (Å²) >= 11 is 0. The van der Waals surface area contributed by atoms with Gasteiger partial charge in [-0.15, -0.1) is 24.0 Å². The Bertz CT molecular complexity index is 647. The first-order valence-electron chi connectivity index (χ1n) is 8.71. The van der Waals surface area contributed by atoms with E-state index in [9.17, 15) is 4.79 Å². The van der Waals surface area contributed by atoms with E-state index in [1.165, 1.54) is 5.56 Å². The number of nitrogens with zero attached hydrogens (tertiary/aromatic N) is 2. The van der Waals surface area contributed by atoms with E-state index >= 15 is 0 Å². The van der Waals surface area contributed by atoms with Crippen LogP contribution in [0.5, 0.6) is 0 Å². The van der Waals surface area contributed by atoms with Gasteiger partial charge in [-0.1, -0.05) is 36.4 Å². The van der Waals surface area contributed by atoms with Gasteiger partial charge in [0.1, 0.15) is 0 Å². The van der Waals surface area contributed by atoms with Crippen LogP contribution in [0.15, 0.2) is 41.4 Å². The predicted octanol–water partition coefficient (Wildman–Crippen LogP) is 1.98. The van der Waals surface area contributed by atoms with Gasteiger partial charge in [0.2, 0.25) is 5.91 Å². The van der Waals surface area contributed by atoms with Crippen molar-refractivity contribution in [2.45, 2.75) is 32.9 Å². The molecule has 5 N–H and O–H groups in total. The number of nitrogens with two attached hydrogens (primary N) is 2. The van der Waals surface area contributed by atoms with E-state index in [1.54, 1.807) is 0 Å². The van der Waals surface area contributed by atoms with Gasteiger partial charge in [0.25, 0.3) is 0 Å². The highest BCUT2D eigenvalue weighted by Gasteiger charge is 2.23. The van der Waals surface area contributed by atoms with Crippen LogP contribution in [-0.2, 0) is 17.9 Å². The zero-order valence-electron chi connectivity index (χ0n) is 15.4. The van der Waals surface area contributed by atoms with Gasteiger partial charge in [0.15, 0.2) is 5.96 Å². The number of halogens is 1. The molecule has 1 aliphatic rings. The zero-order chi connectivity index (χ0) is 18.2. The van der Waals surface area contributed by atoms with Gasteiger partial charge in [-0.05, 0) is 37.4 Å². The third-order valence-corrected chi connectivity index (χ3v) is 4.31. The summed E-state index contributed by atoms with van der Waals surface area (Å²) in [6.07, 6.45) is 1.92. The number of hydrogen-bond acceptors (Lipinski definition) is 3. The maximum Gasteiger partial charge on any atom is 0.221 e. The molecular weight excluding hydrogens is 441 g/mol. The zero-order valence-corrected chi connectivity index (χ0v) is 17.7. The van der Waals surface area contributed by atoms with E-state index in [4.69, 9.17) is 11.5 Å². The van der Waals surface area contributed by atoms with Crippen LogP contribution in [-0.4, -0.2) is 36.4 Å². The molecule has 0 radical (unpaired) electrons. The fourth-order valence-corrected chi connectivity index (χ4v) is 2.99. The Morgan fingerprint density at radius 3 is 2.81 bits per heavy atom. The highest BCUT2D eigenvalue weighted by Crippen LogP contribution is 2.18. The number of guanidine groups is 1. The summed E-state index contributed by atoms with van der Waals surface area (Å²) in [6.45, 7) is 9.50. The molecule has 26 heavy (non-hydrogen) atoms. The third kappa shape index (κ3) is 7.74. The molecular formula is C19H30IN5O. The molecule has 1 amide bonds. The minimum absolute atomic E-state index is 0. The van der Waals surface area contributed by atoms with E-state index in [0.29, 0.717) is 19.0 Å². The normalized spacial score (nSPS) is 18.0. The van der Waals surface area contributed by atoms with Crippen molar-refractivity contribution in [2.24, 2.45) is 22.4 Å². The molecule has 2 rings (SSSR count). The van der Waals surface area contributed by atoms with Crippen molar-refractivity contribution in [3.63, 3.8) is 0 Å². The van der Waals surface area contributed by atoms with Crippen LogP contribution in [0.2, 0.25) is 0 Å². The Kier molecular flexibility index (Phi) is 9.64. The lowest BCUT2D eigenvalue weighted by atomic mass is 9.97. The first-order chi connectivity index (χ1) is 11.9. The van der Waals surface area contributed by atoms with Crippen molar-refractivity contribution in [3.8, 4) is 0 Å². The molecule has 1 unspecified atom stereocenters. The second-order valence-electron chi connectivity index (χ2n) is 6.81. The number of piperidine rings is 1. The molecule has 0 aromatic heterocycles. The summed E-state index contributed by atoms with van der Waals surface area (Å²) in [5.41, 5.74) is 14.6. The summed E-state index contributed by atoms with van der Waals surface area (Å²) in [5.74, 6) is 0.208. The molecule has 0 aliphatic carbocycles. The van der Waals surface area contributed by atoms with Crippen molar-refractivity contribution in [3.05, 3.63) is 47.5 Å². The topological polar surface area (TPSA) is 96.7 Å². The van der Waals surface area contributed by atoms with Crippen LogP contribution in [0.1, 0.15) is 30.9 Å². The largest absolute Gasteiger partial charge is 0.370 e. The molecule has 1 atom stereocenters.